The largest absolute Gasteiger partial charge is 0.393 e. The van der Waals surface area contributed by atoms with Gasteiger partial charge < -0.3 is 15.3 Å². The van der Waals surface area contributed by atoms with Crippen LogP contribution < -0.4 is 5.32 Å². The fraction of sp³-hybridized carbons (Fsp3) is 0.846. The molecular formula is C13H24N2O3. The van der Waals surface area contributed by atoms with Crippen LogP contribution in [0.2, 0.25) is 0 Å². The summed E-state index contributed by atoms with van der Waals surface area (Å²) in [6.45, 7) is 8.04. The fourth-order valence-electron chi connectivity index (χ4n) is 2.22. The lowest BCUT2D eigenvalue weighted by Crippen LogP contribution is -2.54. The first-order valence-electron chi connectivity index (χ1n) is 6.55. The molecule has 1 aliphatic rings. The van der Waals surface area contributed by atoms with E-state index in [9.17, 15) is 14.7 Å². The number of rotatable bonds is 3. The SMILES string of the molecule is CC(=O)N1CC(NC(=O)C(C)C)CC(C(C)O)C1. The molecule has 0 radical (unpaired) electrons. The van der Waals surface area contributed by atoms with Gasteiger partial charge in [0.25, 0.3) is 0 Å². The normalized spacial score (nSPS) is 26.0. The number of aliphatic hydroxyl groups excluding tert-OH is 1. The van der Waals surface area contributed by atoms with Gasteiger partial charge in [0.2, 0.25) is 11.8 Å². The summed E-state index contributed by atoms with van der Waals surface area (Å²) in [7, 11) is 0. The Kier molecular flexibility index (Phi) is 5.14. The van der Waals surface area contributed by atoms with E-state index in [2.05, 4.69) is 5.32 Å². The second kappa shape index (κ2) is 6.18. The van der Waals surface area contributed by atoms with Crippen LogP contribution in [0.25, 0.3) is 0 Å². The minimum absolute atomic E-state index is 0.00487. The Morgan fingerprint density at radius 2 is 1.89 bits per heavy atom. The molecule has 1 fully saturated rings. The monoisotopic (exact) mass is 256 g/mol. The number of hydrogen-bond donors (Lipinski definition) is 2. The molecule has 2 N–H and O–H groups in total. The van der Waals surface area contributed by atoms with Crippen LogP contribution in [-0.4, -0.2) is 47.1 Å². The van der Waals surface area contributed by atoms with Crippen LogP contribution in [-0.2, 0) is 9.59 Å². The van der Waals surface area contributed by atoms with E-state index in [0.717, 1.165) is 6.42 Å². The highest BCUT2D eigenvalue weighted by atomic mass is 16.3. The third-order valence-corrected chi connectivity index (χ3v) is 3.48. The summed E-state index contributed by atoms with van der Waals surface area (Å²) in [6.07, 6.45) is 0.255. The van der Waals surface area contributed by atoms with Gasteiger partial charge in [-0.15, -0.1) is 0 Å². The minimum atomic E-state index is -0.467. The average molecular weight is 256 g/mol. The first-order valence-corrected chi connectivity index (χ1v) is 6.55. The van der Waals surface area contributed by atoms with E-state index in [1.54, 1.807) is 11.8 Å². The molecule has 1 rings (SSSR count). The molecule has 0 aromatic rings. The maximum atomic E-state index is 11.7. The molecule has 1 heterocycles. The van der Waals surface area contributed by atoms with Crippen molar-refractivity contribution in [3.8, 4) is 0 Å². The Bertz CT molecular complexity index is 315. The van der Waals surface area contributed by atoms with Crippen LogP contribution in [0.1, 0.15) is 34.1 Å². The number of carbonyl (C=O) groups excluding carboxylic acids is 2. The van der Waals surface area contributed by atoms with E-state index in [-0.39, 0.29) is 29.7 Å². The van der Waals surface area contributed by atoms with Gasteiger partial charge in [0.15, 0.2) is 0 Å². The number of amides is 2. The van der Waals surface area contributed by atoms with Gasteiger partial charge in [0.1, 0.15) is 0 Å². The number of aliphatic hydroxyl groups is 1. The summed E-state index contributed by atoms with van der Waals surface area (Å²) in [4.78, 5) is 24.9. The second-order valence-electron chi connectivity index (χ2n) is 5.52. The van der Waals surface area contributed by atoms with E-state index in [4.69, 9.17) is 0 Å². The number of piperidine rings is 1. The molecule has 0 aliphatic carbocycles. The molecule has 3 atom stereocenters. The zero-order valence-corrected chi connectivity index (χ0v) is 11.6. The van der Waals surface area contributed by atoms with Crippen LogP contribution in [0, 0.1) is 11.8 Å². The van der Waals surface area contributed by atoms with Gasteiger partial charge in [-0.1, -0.05) is 13.8 Å². The topological polar surface area (TPSA) is 69.6 Å². The summed E-state index contributed by atoms with van der Waals surface area (Å²) in [6, 6.07) is -0.0582. The van der Waals surface area contributed by atoms with Crippen LogP contribution >= 0.6 is 0 Å². The lowest BCUT2D eigenvalue weighted by Gasteiger charge is -2.39. The Labute approximate surface area is 109 Å². The van der Waals surface area contributed by atoms with E-state index < -0.39 is 6.10 Å². The van der Waals surface area contributed by atoms with Gasteiger partial charge in [0, 0.05) is 37.9 Å². The molecule has 0 saturated carbocycles. The molecule has 5 nitrogen and oxygen atoms in total. The highest BCUT2D eigenvalue weighted by Crippen LogP contribution is 2.20. The number of nitrogens with one attached hydrogen (secondary N) is 1. The molecule has 1 saturated heterocycles. The lowest BCUT2D eigenvalue weighted by molar-refractivity contribution is -0.134. The third kappa shape index (κ3) is 3.98. The maximum Gasteiger partial charge on any atom is 0.222 e. The minimum Gasteiger partial charge on any atom is -0.393 e. The predicted octanol–water partition coefficient (Wildman–Crippen LogP) is 0.376. The van der Waals surface area contributed by atoms with Crippen molar-refractivity contribution in [1.29, 1.82) is 0 Å². The summed E-state index contributed by atoms with van der Waals surface area (Å²) in [5.41, 5.74) is 0. The quantitative estimate of drug-likeness (QED) is 0.767. The zero-order valence-electron chi connectivity index (χ0n) is 11.6. The predicted molar refractivity (Wildman–Crippen MR) is 68.8 cm³/mol. The second-order valence-corrected chi connectivity index (χ2v) is 5.52. The van der Waals surface area contributed by atoms with E-state index in [1.165, 1.54) is 6.92 Å². The van der Waals surface area contributed by atoms with Crippen molar-refractivity contribution in [2.24, 2.45) is 11.8 Å². The number of likely N-dealkylation sites (tertiary alicyclic amines) is 1. The molecule has 5 heteroatoms. The molecule has 104 valence electrons. The van der Waals surface area contributed by atoms with Gasteiger partial charge in [-0.25, -0.2) is 0 Å². The maximum absolute atomic E-state index is 11.7. The van der Waals surface area contributed by atoms with Crippen LogP contribution in [0.15, 0.2) is 0 Å². The third-order valence-electron chi connectivity index (χ3n) is 3.48. The van der Waals surface area contributed by atoms with Crippen molar-refractivity contribution >= 4 is 11.8 Å². The number of carbonyl (C=O) groups is 2. The Morgan fingerprint density at radius 1 is 1.28 bits per heavy atom. The highest BCUT2D eigenvalue weighted by molar-refractivity contribution is 5.78. The van der Waals surface area contributed by atoms with Crippen molar-refractivity contribution in [3.05, 3.63) is 0 Å². The van der Waals surface area contributed by atoms with E-state index >= 15 is 0 Å². The lowest BCUT2D eigenvalue weighted by atomic mass is 9.90. The van der Waals surface area contributed by atoms with Crippen molar-refractivity contribution < 1.29 is 14.7 Å². The van der Waals surface area contributed by atoms with Crippen molar-refractivity contribution in [2.75, 3.05) is 13.1 Å². The van der Waals surface area contributed by atoms with Crippen molar-refractivity contribution in [2.45, 2.75) is 46.3 Å². The van der Waals surface area contributed by atoms with Crippen molar-refractivity contribution in [1.82, 2.24) is 10.2 Å². The molecule has 1 aliphatic heterocycles. The van der Waals surface area contributed by atoms with Gasteiger partial charge in [-0.05, 0) is 13.3 Å². The van der Waals surface area contributed by atoms with E-state index in [1.807, 2.05) is 13.8 Å². The Morgan fingerprint density at radius 3 is 2.33 bits per heavy atom. The molecule has 0 bridgehead atoms. The van der Waals surface area contributed by atoms with Crippen LogP contribution in [0.4, 0.5) is 0 Å². The standard InChI is InChI=1S/C13H24N2O3/c1-8(2)13(18)14-12-5-11(9(3)16)6-15(7-12)10(4)17/h8-9,11-12,16H,5-7H2,1-4H3,(H,14,18). The van der Waals surface area contributed by atoms with Gasteiger partial charge in [-0.3, -0.25) is 9.59 Å². The van der Waals surface area contributed by atoms with Crippen LogP contribution in [0.5, 0.6) is 0 Å². The fourth-order valence-corrected chi connectivity index (χ4v) is 2.22. The molecule has 3 unspecified atom stereocenters. The summed E-state index contributed by atoms with van der Waals surface area (Å²) in [5.74, 6) is -0.0540. The first kappa shape index (κ1) is 15.0. The van der Waals surface area contributed by atoms with Gasteiger partial charge >= 0.3 is 0 Å². The summed E-state index contributed by atoms with van der Waals surface area (Å²) < 4.78 is 0. The molecule has 0 aromatic heterocycles. The molecule has 18 heavy (non-hydrogen) atoms. The molecule has 2 amide bonds. The molecule has 0 spiro atoms. The van der Waals surface area contributed by atoms with Crippen LogP contribution in [0.3, 0.4) is 0 Å². The number of nitrogens with zero attached hydrogens (tertiary/aromatic N) is 1. The Balaban J connectivity index is 2.67. The van der Waals surface area contributed by atoms with E-state index in [0.29, 0.717) is 13.1 Å². The highest BCUT2D eigenvalue weighted by Gasteiger charge is 2.32. The zero-order chi connectivity index (χ0) is 13.9. The summed E-state index contributed by atoms with van der Waals surface area (Å²) in [5, 5.41) is 12.6. The van der Waals surface area contributed by atoms with Crippen molar-refractivity contribution in [3.63, 3.8) is 0 Å². The van der Waals surface area contributed by atoms with Gasteiger partial charge in [-0.2, -0.15) is 0 Å². The van der Waals surface area contributed by atoms with Gasteiger partial charge in [0.05, 0.1) is 6.10 Å². The smallest absolute Gasteiger partial charge is 0.222 e. The Hall–Kier alpha value is -1.10. The summed E-state index contributed by atoms with van der Waals surface area (Å²) >= 11 is 0. The molecular weight excluding hydrogens is 232 g/mol. The first-order chi connectivity index (χ1) is 8.31. The molecule has 0 aromatic carbocycles. The average Bonchev–Trinajstić information content (AvgIpc) is 2.28. The number of hydrogen-bond acceptors (Lipinski definition) is 3.